The number of ether oxygens (including phenoxy) is 1. The van der Waals surface area contributed by atoms with Crippen molar-refractivity contribution < 1.29 is 14.3 Å². The summed E-state index contributed by atoms with van der Waals surface area (Å²) in [7, 11) is -0.0146. The van der Waals surface area contributed by atoms with E-state index in [2.05, 4.69) is 60.0 Å². The minimum Gasteiger partial charge on any atom is -0.497 e. The van der Waals surface area contributed by atoms with Crippen LogP contribution in [-0.4, -0.2) is 42.9 Å². The number of primary amides is 1. The van der Waals surface area contributed by atoms with Crippen molar-refractivity contribution in [3.63, 3.8) is 0 Å². The minimum atomic E-state index is -1.72. The summed E-state index contributed by atoms with van der Waals surface area (Å²) in [5.41, 5.74) is 12.9. The van der Waals surface area contributed by atoms with E-state index in [1.807, 2.05) is 12.3 Å². The molecule has 3 fully saturated rings. The number of fused-ring (bicyclic) bond motifs is 1. The number of amides is 2. The van der Waals surface area contributed by atoms with Crippen molar-refractivity contribution in [3.8, 4) is 17.2 Å². The summed E-state index contributed by atoms with van der Waals surface area (Å²) in [6.07, 6.45) is 10.1. The molecule has 1 aromatic heterocycles. The summed E-state index contributed by atoms with van der Waals surface area (Å²) in [6, 6.07) is 8.13. The van der Waals surface area contributed by atoms with E-state index in [-0.39, 0.29) is 28.8 Å². The van der Waals surface area contributed by atoms with E-state index < -0.39 is 14.0 Å². The van der Waals surface area contributed by atoms with Crippen LogP contribution in [0, 0.1) is 16.9 Å². The monoisotopic (exact) mass is 529 g/mol. The third-order valence-corrected chi connectivity index (χ3v) is 9.63. The van der Waals surface area contributed by atoms with E-state index in [1.165, 1.54) is 11.1 Å². The molecule has 200 valence electrons. The maximum absolute atomic E-state index is 13.9. The lowest BCUT2D eigenvalue weighted by Crippen LogP contribution is -2.71. The van der Waals surface area contributed by atoms with Gasteiger partial charge in [0.25, 0.3) is 5.91 Å². The van der Waals surface area contributed by atoms with Crippen molar-refractivity contribution in [2.75, 3.05) is 7.11 Å². The summed E-state index contributed by atoms with van der Waals surface area (Å²) >= 11 is 0. The Kier molecular flexibility index (Phi) is 6.67. The summed E-state index contributed by atoms with van der Waals surface area (Å²) in [5.74, 6) is 3.49. The Bertz CT molecular complexity index is 1320. The van der Waals surface area contributed by atoms with Gasteiger partial charge in [-0.1, -0.05) is 45.5 Å². The number of nitrogens with zero attached hydrogens (tertiary/aromatic N) is 2. The van der Waals surface area contributed by atoms with Gasteiger partial charge in [0.15, 0.2) is 0 Å². The SMILES string of the molecule is CCCC[C@H]1Cc2cc(OC)ccc2C(C23CC(c4cnccc4C(N)=O)(C2)C3)N1C(=O)C#C[Si](C)(C)C. The van der Waals surface area contributed by atoms with Crippen molar-refractivity contribution in [1.82, 2.24) is 9.88 Å². The summed E-state index contributed by atoms with van der Waals surface area (Å²) < 4.78 is 5.58. The number of methoxy groups -OCH3 is 1. The first-order valence-corrected chi connectivity index (χ1v) is 17.3. The van der Waals surface area contributed by atoms with Crippen LogP contribution in [0.4, 0.5) is 0 Å². The topological polar surface area (TPSA) is 85.5 Å². The van der Waals surface area contributed by atoms with Gasteiger partial charge in [0, 0.05) is 24.0 Å². The minimum absolute atomic E-state index is 0.0435. The molecule has 1 aromatic carbocycles. The van der Waals surface area contributed by atoms with Crippen LogP contribution in [0.15, 0.2) is 36.7 Å². The van der Waals surface area contributed by atoms with Gasteiger partial charge in [-0.25, -0.2) is 0 Å². The molecule has 6 nitrogen and oxygen atoms in total. The van der Waals surface area contributed by atoms with Crippen LogP contribution in [0.3, 0.4) is 0 Å². The highest BCUT2D eigenvalue weighted by atomic mass is 28.3. The molecular weight excluding hydrogens is 490 g/mol. The predicted molar refractivity (Wildman–Crippen MR) is 151 cm³/mol. The van der Waals surface area contributed by atoms with Crippen LogP contribution in [-0.2, 0) is 16.6 Å². The van der Waals surface area contributed by atoms with Gasteiger partial charge in [-0.05, 0) is 83.7 Å². The maximum Gasteiger partial charge on any atom is 0.298 e. The third kappa shape index (κ3) is 4.43. The molecule has 3 aliphatic carbocycles. The van der Waals surface area contributed by atoms with Crippen molar-refractivity contribution in [3.05, 3.63) is 58.9 Å². The number of hydrogen-bond donors (Lipinski definition) is 1. The molecule has 0 radical (unpaired) electrons. The molecule has 0 saturated heterocycles. The number of rotatable bonds is 7. The first-order chi connectivity index (χ1) is 18.0. The molecule has 2 heterocycles. The number of carbonyl (C=O) groups excluding carboxylic acids is 2. The number of pyridine rings is 1. The second-order valence-electron chi connectivity index (χ2n) is 12.6. The quantitative estimate of drug-likeness (QED) is 0.396. The fraction of sp³-hybridized carbons (Fsp3) is 0.516. The number of aromatic nitrogens is 1. The van der Waals surface area contributed by atoms with E-state index in [0.29, 0.717) is 5.56 Å². The van der Waals surface area contributed by atoms with Crippen molar-refractivity contribution in [1.29, 1.82) is 0 Å². The van der Waals surface area contributed by atoms with Crippen molar-refractivity contribution >= 4 is 19.9 Å². The zero-order chi connectivity index (χ0) is 27.3. The van der Waals surface area contributed by atoms with E-state index in [1.54, 1.807) is 19.4 Å². The molecule has 1 aliphatic heterocycles. The number of unbranched alkanes of at least 4 members (excludes halogenated alkanes) is 1. The first kappa shape index (κ1) is 26.5. The molecule has 2 atom stereocenters. The van der Waals surface area contributed by atoms with Crippen LogP contribution >= 0.6 is 0 Å². The lowest BCUT2D eigenvalue weighted by Gasteiger charge is -2.75. The fourth-order valence-corrected chi connectivity index (χ4v) is 7.72. The third-order valence-electron chi connectivity index (χ3n) is 8.75. The van der Waals surface area contributed by atoms with Crippen LogP contribution in [0.25, 0.3) is 0 Å². The number of nitrogens with two attached hydrogens (primary N) is 1. The molecule has 2 amide bonds. The van der Waals surface area contributed by atoms with Crippen molar-refractivity contribution in [2.24, 2.45) is 11.1 Å². The average Bonchev–Trinajstić information content (AvgIpc) is 2.83. The average molecular weight is 530 g/mol. The Morgan fingerprint density at radius 1 is 1.21 bits per heavy atom. The van der Waals surface area contributed by atoms with E-state index in [4.69, 9.17) is 10.5 Å². The largest absolute Gasteiger partial charge is 0.497 e. The molecule has 2 aromatic rings. The van der Waals surface area contributed by atoms with E-state index >= 15 is 0 Å². The number of benzene rings is 1. The molecule has 1 unspecified atom stereocenters. The highest BCUT2D eigenvalue weighted by Crippen LogP contribution is 2.79. The van der Waals surface area contributed by atoms with E-state index in [9.17, 15) is 9.59 Å². The summed E-state index contributed by atoms with van der Waals surface area (Å²) in [6.45, 7) is 8.72. The van der Waals surface area contributed by atoms with Gasteiger partial charge >= 0.3 is 0 Å². The summed E-state index contributed by atoms with van der Waals surface area (Å²) in [5, 5.41) is 0. The molecule has 0 spiro atoms. The van der Waals surface area contributed by atoms with Gasteiger partial charge in [-0.15, -0.1) is 5.54 Å². The Morgan fingerprint density at radius 3 is 2.58 bits per heavy atom. The lowest BCUT2D eigenvalue weighted by atomic mass is 9.30. The highest BCUT2D eigenvalue weighted by molar-refractivity contribution is 6.84. The van der Waals surface area contributed by atoms with Gasteiger partial charge in [0.1, 0.15) is 13.8 Å². The molecule has 7 heteroatoms. The number of hydrogen-bond acceptors (Lipinski definition) is 4. The van der Waals surface area contributed by atoms with Gasteiger partial charge in [-0.2, -0.15) is 0 Å². The van der Waals surface area contributed by atoms with Gasteiger partial charge < -0.3 is 15.4 Å². The summed E-state index contributed by atoms with van der Waals surface area (Å²) in [4.78, 5) is 32.6. The molecule has 3 saturated carbocycles. The van der Waals surface area contributed by atoms with Crippen LogP contribution in [0.5, 0.6) is 5.75 Å². The van der Waals surface area contributed by atoms with Crippen LogP contribution in [0.1, 0.15) is 78.5 Å². The Morgan fingerprint density at radius 2 is 1.95 bits per heavy atom. The van der Waals surface area contributed by atoms with Crippen LogP contribution in [0.2, 0.25) is 19.6 Å². The second kappa shape index (κ2) is 9.57. The normalized spacial score (nSPS) is 27.2. The van der Waals surface area contributed by atoms with Gasteiger partial charge in [-0.3, -0.25) is 14.6 Å². The molecule has 4 aliphatic rings. The van der Waals surface area contributed by atoms with Crippen molar-refractivity contribution in [2.45, 2.75) is 89.0 Å². The smallest absolute Gasteiger partial charge is 0.298 e. The predicted octanol–water partition coefficient (Wildman–Crippen LogP) is 5.18. The van der Waals surface area contributed by atoms with E-state index in [0.717, 1.165) is 56.3 Å². The molecule has 2 N–H and O–H groups in total. The zero-order valence-corrected chi connectivity index (χ0v) is 24.3. The highest BCUT2D eigenvalue weighted by Gasteiger charge is 2.73. The maximum atomic E-state index is 13.9. The Labute approximate surface area is 227 Å². The molecule has 6 rings (SSSR count). The van der Waals surface area contributed by atoms with Gasteiger partial charge in [0.2, 0.25) is 5.91 Å². The Balaban J connectivity index is 1.56. The molecular formula is C31H39N3O3Si. The Hall–Kier alpha value is -3.11. The van der Waals surface area contributed by atoms with Gasteiger partial charge in [0.05, 0.1) is 13.2 Å². The standard InChI is InChI=1S/C31H39N3O3Si/c1-6-7-8-22-15-21-16-23(37-2)9-10-24(21)28(34(22)27(35)12-14-38(3,4)5)31-18-30(19-31,20-31)26-17-33-13-11-25(26)29(32)36/h9-11,13,16-17,22,28H,6-8,15,18-20H2,1-5H3,(H2,32,36)/t22-,28?,30?,31?/m0/s1. The fourth-order valence-electron chi connectivity index (χ4n) is 7.23. The zero-order valence-electron chi connectivity index (χ0n) is 23.3. The molecule has 2 bridgehead atoms. The first-order valence-electron chi connectivity index (χ1n) is 13.8. The van der Waals surface area contributed by atoms with Crippen LogP contribution < -0.4 is 10.5 Å². The second-order valence-corrected chi connectivity index (χ2v) is 17.4. The number of carbonyl (C=O) groups is 2. The molecule has 38 heavy (non-hydrogen) atoms. The lowest BCUT2D eigenvalue weighted by molar-refractivity contribution is -0.201.